The number of rotatable bonds is 4. The van der Waals surface area contributed by atoms with Crippen LogP contribution in [0.3, 0.4) is 0 Å². The van der Waals surface area contributed by atoms with E-state index in [1.807, 2.05) is 24.3 Å². The second-order valence-corrected chi connectivity index (χ2v) is 4.83. The summed E-state index contributed by atoms with van der Waals surface area (Å²) in [6.07, 6.45) is 3.19. The summed E-state index contributed by atoms with van der Waals surface area (Å²) >= 11 is 0. The lowest BCUT2D eigenvalue weighted by Crippen LogP contribution is -2.05. The van der Waals surface area contributed by atoms with Crippen molar-refractivity contribution in [1.82, 2.24) is 4.98 Å². The standard InChI is InChI=1S/C18H16N2O2/c1-2-22-18(21)14-10-15(12-19-11-14)20-17-9-5-7-13-6-3-4-8-16(13)17/h3-12,20H,2H2,1H3. The fourth-order valence-electron chi connectivity index (χ4n) is 2.32. The lowest BCUT2D eigenvalue weighted by molar-refractivity contribution is 0.0526. The van der Waals surface area contributed by atoms with Gasteiger partial charge in [0.2, 0.25) is 0 Å². The summed E-state index contributed by atoms with van der Waals surface area (Å²) in [5, 5.41) is 5.59. The average Bonchev–Trinajstić information content (AvgIpc) is 2.56. The molecule has 22 heavy (non-hydrogen) atoms. The molecule has 2 aromatic carbocycles. The third-order valence-electron chi connectivity index (χ3n) is 3.32. The SMILES string of the molecule is CCOC(=O)c1cncc(Nc2cccc3ccccc23)c1. The van der Waals surface area contributed by atoms with Gasteiger partial charge in [-0.2, -0.15) is 0 Å². The van der Waals surface area contributed by atoms with E-state index in [0.717, 1.165) is 22.1 Å². The van der Waals surface area contributed by atoms with E-state index in [0.29, 0.717) is 12.2 Å². The van der Waals surface area contributed by atoms with Crippen molar-refractivity contribution >= 4 is 28.1 Å². The van der Waals surface area contributed by atoms with Crippen molar-refractivity contribution in [2.45, 2.75) is 6.92 Å². The zero-order valence-electron chi connectivity index (χ0n) is 12.2. The number of ether oxygens (including phenoxy) is 1. The molecule has 0 unspecified atom stereocenters. The highest BCUT2D eigenvalue weighted by Gasteiger charge is 2.08. The van der Waals surface area contributed by atoms with Gasteiger partial charge in [-0.05, 0) is 24.4 Å². The van der Waals surface area contributed by atoms with E-state index in [4.69, 9.17) is 4.74 Å². The van der Waals surface area contributed by atoms with Crippen molar-refractivity contribution in [2.24, 2.45) is 0 Å². The number of hydrogen-bond acceptors (Lipinski definition) is 4. The van der Waals surface area contributed by atoms with E-state index in [1.165, 1.54) is 6.20 Å². The third-order valence-corrected chi connectivity index (χ3v) is 3.32. The number of fused-ring (bicyclic) bond motifs is 1. The van der Waals surface area contributed by atoms with Gasteiger partial charge >= 0.3 is 5.97 Å². The van der Waals surface area contributed by atoms with Gasteiger partial charge in [0.05, 0.1) is 24.1 Å². The topological polar surface area (TPSA) is 51.2 Å². The number of aromatic nitrogens is 1. The number of esters is 1. The van der Waals surface area contributed by atoms with Crippen LogP contribution in [0.25, 0.3) is 10.8 Å². The Labute approximate surface area is 128 Å². The smallest absolute Gasteiger partial charge is 0.339 e. The molecule has 0 aliphatic rings. The first-order valence-electron chi connectivity index (χ1n) is 7.15. The summed E-state index contributed by atoms with van der Waals surface area (Å²) in [5.41, 5.74) is 2.16. The Morgan fingerprint density at radius 2 is 1.95 bits per heavy atom. The molecule has 3 aromatic rings. The van der Waals surface area contributed by atoms with Crippen LogP contribution in [-0.2, 0) is 4.74 Å². The molecule has 110 valence electrons. The molecule has 4 heteroatoms. The number of nitrogens with zero attached hydrogens (tertiary/aromatic N) is 1. The van der Waals surface area contributed by atoms with Gasteiger partial charge < -0.3 is 10.1 Å². The minimum absolute atomic E-state index is 0.347. The lowest BCUT2D eigenvalue weighted by Gasteiger charge is -2.10. The largest absolute Gasteiger partial charge is 0.462 e. The van der Waals surface area contributed by atoms with Crippen molar-refractivity contribution in [3.8, 4) is 0 Å². The fourth-order valence-corrected chi connectivity index (χ4v) is 2.32. The minimum atomic E-state index is -0.364. The van der Waals surface area contributed by atoms with Crippen LogP contribution in [0.15, 0.2) is 60.9 Å². The summed E-state index contributed by atoms with van der Waals surface area (Å²) in [7, 11) is 0. The molecular weight excluding hydrogens is 276 g/mol. The number of pyridine rings is 1. The van der Waals surface area contributed by atoms with Crippen LogP contribution in [0.1, 0.15) is 17.3 Å². The molecule has 3 rings (SSSR count). The van der Waals surface area contributed by atoms with Crippen LogP contribution in [0, 0.1) is 0 Å². The monoisotopic (exact) mass is 292 g/mol. The molecule has 0 amide bonds. The molecule has 0 atom stereocenters. The maximum absolute atomic E-state index is 11.8. The number of carbonyl (C=O) groups excluding carboxylic acids is 1. The Morgan fingerprint density at radius 1 is 1.14 bits per heavy atom. The zero-order valence-corrected chi connectivity index (χ0v) is 12.2. The van der Waals surface area contributed by atoms with E-state index >= 15 is 0 Å². The molecule has 1 N–H and O–H groups in total. The van der Waals surface area contributed by atoms with Crippen LogP contribution in [0.5, 0.6) is 0 Å². The quantitative estimate of drug-likeness (QED) is 0.734. The number of anilines is 2. The van der Waals surface area contributed by atoms with E-state index in [2.05, 4.69) is 28.5 Å². The van der Waals surface area contributed by atoms with Crippen molar-refractivity contribution in [1.29, 1.82) is 0 Å². The number of nitrogens with one attached hydrogen (secondary N) is 1. The molecule has 1 aromatic heterocycles. The summed E-state index contributed by atoms with van der Waals surface area (Å²) < 4.78 is 5.00. The van der Waals surface area contributed by atoms with Crippen molar-refractivity contribution in [3.05, 3.63) is 66.5 Å². The highest BCUT2D eigenvalue weighted by Crippen LogP contribution is 2.26. The summed E-state index contributed by atoms with van der Waals surface area (Å²) in [6, 6.07) is 15.9. The molecule has 0 bridgehead atoms. The van der Waals surface area contributed by atoms with Gasteiger partial charge in [0.1, 0.15) is 0 Å². The van der Waals surface area contributed by atoms with Gasteiger partial charge in [-0.25, -0.2) is 4.79 Å². The molecule has 0 saturated heterocycles. The molecule has 0 fully saturated rings. The van der Waals surface area contributed by atoms with Gasteiger partial charge in [-0.15, -0.1) is 0 Å². The molecular formula is C18H16N2O2. The second-order valence-electron chi connectivity index (χ2n) is 4.83. The van der Waals surface area contributed by atoms with E-state index < -0.39 is 0 Å². The Bertz CT molecular complexity index is 810. The normalized spacial score (nSPS) is 10.4. The zero-order chi connectivity index (χ0) is 15.4. The van der Waals surface area contributed by atoms with E-state index in [-0.39, 0.29) is 5.97 Å². The third kappa shape index (κ3) is 2.91. The first-order chi connectivity index (χ1) is 10.8. The van der Waals surface area contributed by atoms with Crippen molar-refractivity contribution in [2.75, 3.05) is 11.9 Å². The number of carbonyl (C=O) groups is 1. The highest BCUT2D eigenvalue weighted by atomic mass is 16.5. The lowest BCUT2D eigenvalue weighted by atomic mass is 10.1. The van der Waals surface area contributed by atoms with Gasteiger partial charge in [-0.1, -0.05) is 36.4 Å². The first kappa shape index (κ1) is 14.1. The predicted molar refractivity (Wildman–Crippen MR) is 87.4 cm³/mol. The predicted octanol–water partition coefficient (Wildman–Crippen LogP) is 4.16. The minimum Gasteiger partial charge on any atom is -0.462 e. The van der Waals surface area contributed by atoms with Crippen molar-refractivity contribution < 1.29 is 9.53 Å². The Hall–Kier alpha value is -2.88. The Morgan fingerprint density at radius 3 is 2.82 bits per heavy atom. The van der Waals surface area contributed by atoms with Crippen LogP contribution in [-0.4, -0.2) is 17.6 Å². The maximum Gasteiger partial charge on any atom is 0.339 e. The highest BCUT2D eigenvalue weighted by molar-refractivity contribution is 5.96. The van der Waals surface area contributed by atoms with Crippen molar-refractivity contribution in [3.63, 3.8) is 0 Å². The van der Waals surface area contributed by atoms with Gasteiger partial charge in [-0.3, -0.25) is 4.98 Å². The van der Waals surface area contributed by atoms with Crippen LogP contribution in [0.2, 0.25) is 0 Å². The fraction of sp³-hybridized carbons (Fsp3) is 0.111. The van der Waals surface area contributed by atoms with Crippen LogP contribution >= 0.6 is 0 Å². The van der Waals surface area contributed by atoms with Gasteiger partial charge in [0.25, 0.3) is 0 Å². The molecule has 4 nitrogen and oxygen atoms in total. The van der Waals surface area contributed by atoms with Crippen LogP contribution < -0.4 is 5.32 Å². The van der Waals surface area contributed by atoms with E-state index in [9.17, 15) is 4.79 Å². The van der Waals surface area contributed by atoms with Gasteiger partial charge in [0, 0.05) is 17.3 Å². The molecule has 0 aliphatic heterocycles. The maximum atomic E-state index is 11.8. The second kappa shape index (κ2) is 6.26. The summed E-state index contributed by atoms with van der Waals surface area (Å²) in [5.74, 6) is -0.364. The molecule has 0 radical (unpaired) electrons. The molecule has 0 aliphatic carbocycles. The van der Waals surface area contributed by atoms with Crippen LogP contribution in [0.4, 0.5) is 11.4 Å². The molecule has 0 spiro atoms. The van der Waals surface area contributed by atoms with E-state index in [1.54, 1.807) is 19.2 Å². The number of benzene rings is 2. The number of hydrogen-bond donors (Lipinski definition) is 1. The average molecular weight is 292 g/mol. The summed E-state index contributed by atoms with van der Waals surface area (Å²) in [4.78, 5) is 15.9. The summed E-state index contributed by atoms with van der Waals surface area (Å²) in [6.45, 7) is 2.13. The van der Waals surface area contributed by atoms with Gasteiger partial charge in [0.15, 0.2) is 0 Å². The molecule has 1 heterocycles. The Kier molecular flexibility index (Phi) is 4.01. The Balaban J connectivity index is 1.92. The molecule has 0 saturated carbocycles. The first-order valence-corrected chi connectivity index (χ1v) is 7.15.